The fourth-order valence-corrected chi connectivity index (χ4v) is 5.09. The van der Waals surface area contributed by atoms with Gasteiger partial charge in [-0.1, -0.05) is 37.3 Å². The number of benzene rings is 2. The molecule has 0 spiro atoms. The van der Waals surface area contributed by atoms with Crippen LogP contribution < -0.4 is 16.4 Å². The lowest BCUT2D eigenvalue weighted by Gasteiger charge is -2.27. The predicted octanol–water partition coefficient (Wildman–Crippen LogP) is 5.72. The fourth-order valence-electron chi connectivity index (χ4n) is 5.09. The number of nitro groups is 1. The average molecular weight is 547 g/mol. The second-order valence-corrected chi connectivity index (χ2v) is 10.3. The quantitative estimate of drug-likeness (QED) is 0.148. The maximum absolute atomic E-state index is 12.4. The molecule has 10 nitrogen and oxygen atoms in total. The Morgan fingerprint density at radius 3 is 2.60 bits per heavy atom. The predicted molar refractivity (Wildman–Crippen MR) is 156 cm³/mol. The molecule has 3 aromatic rings. The van der Waals surface area contributed by atoms with Crippen molar-refractivity contribution in [3.63, 3.8) is 0 Å². The number of anilines is 2. The number of hydrogen-bond donors (Lipinski definition) is 3. The summed E-state index contributed by atoms with van der Waals surface area (Å²) >= 11 is 0. The molecule has 4 rings (SSSR count). The van der Waals surface area contributed by atoms with Gasteiger partial charge in [0.1, 0.15) is 6.20 Å². The Morgan fingerprint density at radius 1 is 1.12 bits per heavy atom. The number of nitrogens with two attached hydrogens (primary N) is 1. The Balaban J connectivity index is 1.45. The van der Waals surface area contributed by atoms with Crippen molar-refractivity contribution in [3.8, 4) is 11.1 Å². The van der Waals surface area contributed by atoms with Crippen molar-refractivity contribution in [1.29, 1.82) is 0 Å². The van der Waals surface area contributed by atoms with Crippen molar-refractivity contribution >= 4 is 23.4 Å². The molecule has 0 amide bonds. The van der Waals surface area contributed by atoms with E-state index in [9.17, 15) is 14.9 Å². The summed E-state index contributed by atoms with van der Waals surface area (Å²) in [4.78, 5) is 32.1. The highest BCUT2D eigenvalue weighted by molar-refractivity contribution is 5.91. The van der Waals surface area contributed by atoms with Crippen LogP contribution in [0.25, 0.3) is 11.1 Å². The van der Waals surface area contributed by atoms with Gasteiger partial charge < -0.3 is 21.1 Å². The Hall–Kier alpha value is -4.05. The molecule has 1 heterocycles. The summed E-state index contributed by atoms with van der Waals surface area (Å²) in [5.41, 5.74) is 10.2. The van der Waals surface area contributed by atoms with Crippen molar-refractivity contribution in [2.45, 2.75) is 52.5 Å². The first-order chi connectivity index (χ1) is 19.4. The van der Waals surface area contributed by atoms with Gasteiger partial charge in [-0.2, -0.15) is 4.98 Å². The van der Waals surface area contributed by atoms with Gasteiger partial charge in [0.05, 0.1) is 17.1 Å². The molecule has 0 unspecified atom stereocenters. The van der Waals surface area contributed by atoms with E-state index in [2.05, 4.69) is 20.6 Å². The van der Waals surface area contributed by atoms with Gasteiger partial charge in [0, 0.05) is 13.1 Å². The van der Waals surface area contributed by atoms with Crippen LogP contribution in [-0.2, 0) is 11.3 Å². The highest BCUT2D eigenvalue weighted by Gasteiger charge is 2.23. The summed E-state index contributed by atoms with van der Waals surface area (Å²) in [6.45, 7) is 6.15. The standard InChI is InChI=1S/C30H38N6O4/c1-3-14-40-29(37)24-7-4-6-23(15-24)26-9-5-8-25(20(26)2)18-33-30-34-19-27(36(38)39)28(35-30)32-17-22-12-10-21(16-31)11-13-22/h4-9,15,19,21-22H,3,10-14,16-18,31H2,1-2H3,(H2,32,33,34,35). The smallest absolute Gasteiger partial charge is 0.338 e. The van der Waals surface area contributed by atoms with Gasteiger partial charge in [-0.15, -0.1) is 0 Å². The number of carbonyl (C=O) groups is 1. The normalized spacial score (nSPS) is 16.8. The van der Waals surface area contributed by atoms with E-state index in [0.29, 0.717) is 43.0 Å². The van der Waals surface area contributed by atoms with E-state index in [1.165, 1.54) is 6.20 Å². The molecular formula is C30H38N6O4. The summed E-state index contributed by atoms with van der Waals surface area (Å²) < 4.78 is 5.29. The van der Waals surface area contributed by atoms with Crippen molar-refractivity contribution in [1.82, 2.24) is 9.97 Å². The average Bonchev–Trinajstić information content (AvgIpc) is 2.98. The molecule has 0 atom stereocenters. The Labute approximate surface area is 234 Å². The topological polar surface area (TPSA) is 145 Å². The molecule has 40 heavy (non-hydrogen) atoms. The largest absolute Gasteiger partial charge is 0.462 e. The van der Waals surface area contributed by atoms with E-state index in [1.807, 2.05) is 50.2 Å². The summed E-state index contributed by atoms with van der Waals surface area (Å²) in [7, 11) is 0. The number of nitrogens with zero attached hydrogens (tertiary/aromatic N) is 3. The lowest BCUT2D eigenvalue weighted by molar-refractivity contribution is -0.384. The molecule has 212 valence electrons. The minimum atomic E-state index is -0.461. The zero-order valence-corrected chi connectivity index (χ0v) is 23.2. The Kier molecular flexibility index (Phi) is 10.0. The van der Waals surface area contributed by atoms with Gasteiger partial charge in [0.25, 0.3) is 0 Å². The number of nitrogens with one attached hydrogen (secondary N) is 2. The third kappa shape index (κ3) is 7.32. The van der Waals surface area contributed by atoms with Gasteiger partial charge in [0.2, 0.25) is 11.8 Å². The molecule has 1 aliphatic rings. The molecule has 10 heteroatoms. The summed E-state index contributed by atoms with van der Waals surface area (Å²) in [5, 5.41) is 18.0. The number of esters is 1. The molecule has 1 saturated carbocycles. The molecule has 2 aromatic carbocycles. The number of aromatic nitrogens is 2. The number of carbonyl (C=O) groups excluding carboxylic acids is 1. The van der Waals surface area contributed by atoms with E-state index < -0.39 is 4.92 Å². The number of hydrogen-bond acceptors (Lipinski definition) is 9. The van der Waals surface area contributed by atoms with Crippen LogP contribution in [0.4, 0.5) is 17.5 Å². The fraction of sp³-hybridized carbons (Fsp3) is 0.433. The van der Waals surface area contributed by atoms with Crippen molar-refractivity contribution in [2.75, 3.05) is 30.3 Å². The van der Waals surface area contributed by atoms with Crippen LogP contribution in [0, 0.1) is 28.9 Å². The van der Waals surface area contributed by atoms with Gasteiger partial charge in [0.15, 0.2) is 0 Å². The van der Waals surface area contributed by atoms with Gasteiger partial charge in [-0.25, -0.2) is 9.78 Å². The lowest BCUT2D eigenvalue weighted by atomic mass is 9.82. The number of ether oxygens (including phenoxy) is 1. The molecule has 1 fully saturated rings. The van der Waals surface area contributed by atoms with Gasteiger partial charge in [-0.3, -0.25) is 10.1 Å². The Morgan fingerprint density at radius 2 is 1.88 bits per heavy atom. The van der Waals surface area contributed by atoms with Crippen molar-refractivity contribution < 1.29 is 14.5 Å². The van der Waals surface area contributed by atoms with Crippen LogP contribution in [0.15, 0.2) is 48.7 Å². The third-order valence-corrected chi connectivity index (χ3v) is 7.55. The first-order valence-electron chi connectivity index (χ1n) is 13.9. The molecule has 0 saturated heterocycles. The maximum Gasteiger partial charge on any atom is 0.338 e. The van der Waals surface area contributed by atoms with Crippen LogP contribution in [0.2, 0.25) is 0 Å². The third-order valence-electron chi connectivity index (χ3n) is 7.55. The van der Waals surface area contributed by atoms with Crippen molar-refractivity contribution in [2.24, 2.45) is 17.6 Å². The zero-order valence-electron chi connectivity index (χ0n) is 23.2. The minimum absolute atomic E-state index is 0.142. The monoisotopic (exact) mass is 546 g/mol. The van der Waals surface area contributed by atoms with Crippen LogP contribution >= 0.6 is 0 Å². The van der Waals surface area contributed by atoms with E-state index in [0.717, 1.165) is 60.9 Å². The second kappa shape index (κ2) is 13.8. The molecule has 0 aliphatic heterocycles. The van der Waals surface area contributed by atoms with Crippen LogP contribution in [0.1, 0.15) is 60.5 Å². The van der Waals surface area contributed by atoms with E-state index in [-0.39, 0.29) is 17.5 Å². The molecule has 1 aromatic heterocycles. The summed E-state index contributed by atoms with van der Waals surface area (Å²) in [5.74, 6) is 1.22. The van der Waals surface area contributed by atoms with Crippen LogP contribution in [-0.4, -0.2) is 40.6 Å². The zero-order chi connectivity index (χ0) is 28.5. The highest BCUT2D eigenvalue weighted by Crippen LogP contribution is 2.30. The molecule has 0 bridgehead atoms. The summed E-state index contributed by atoms with van der Waals surface area (Å²) in [6, 6.07) is 13.4. The second-order valence-electron chi connectivity index (χ2n) is 10.3. The maximum atomic E-state index is 12.4. The summed E-state index contributed by atoms with van der Waals surface area (Å²) in [6.07, 6.45) is 6.30. The molecule has 4 N–H and O–H groups in total. The minimum Gasteiger partial charge on any atom is -0.462 e. The first kappa shape index (κ1) is 28.9. The van der Waals surface area contributed by atoms with Gasteiger partial charge in [-0.05, 0) is 91.8 Å². The van der Waals surface area contributed by atoms with Crippen LogP contribution in [0.3, 0.4) is 0 Å². The molecular weight excluding hydrogens is 508 g/mol. The molecule has 0 radical (unpaired) electrons. The first-order valence-corrected chi connectivity index (χ1v) is 13.9. The molecule has 1 aliphatic carbocycles. The van der Waals surface area contributed by atoms with E-state index in [4.69, 9.17) is 10.5 Å². The van der Waals surface area contributed by atoms with E-state index >= 15 is 0 Å². The highest BCUT2D eigenvalue weighted by atomic mass is 16.6. The van der Waals surface area contributed by atoms with Crippen molar-refractivity contribution in [3.05, 3.63) is 75.5 Å². The number of rotatable bonds is 12. The SMILES string of the molecule is CCCOC(=O)c1cccc(-c2cccc(CNc3ncc([N+](=O)[O-])c(NCC4CCC(CN)CC4)n3)c2C)c1. The van der Waals surface area contributed by atoms with Crippen LogP contribution in [0.5, 0.6) is 0 Å². The Bertz CT molecular complexity index is 1320. The van der Waals surface area contributed by atoms with Gasteiger partial charge >= 0.3 is 11.7 Å². The van der Waals surface area contributed by atoms with E-state index in [1.54, 1.807) is 6.07 Å². The lowest BCUT2D eigenvalue weighted by Crippen LogP contribution is -2.25.